The third kappa shape index (κ3) is 4.05. The van der Waals surface area contributed by atoms with Crippen molar-refractivity contribution in [2.75, 3.05) is 0 Å². The van der Waals surface area contributed by atoms with Crippen molar-refractivity contribution in [2.24, 2.45) is 0 Å². The van der Waals surface area contributed by atoms with Crippen LogP contribution in [0.15, 0.2) is 29.1 Å². The Labute approximate surface area is 182 Å². The van der Waals surface area contributed by atoms with E-state index in [4.69, 9.17) is 16.7 Å². The minimum atomic E-state index is -4.81. The molecule has 0 unspecified atom stereocenters. The van der Waals surface area contributed by atoms with Gasteiger partial charge in [-0.3, -0.25) is 9.36 Å². The first-order valence-electron chi connectivity index (χ1n) is 10.3. The summed E-state index contributed by atoms with van der Waals surface area (Å²) in [6.07, 6.45) is -1.30. The molecule has 0 N–H and O–H groups in total. The van der Waals surface area contributed by atoms with E-state index in [0.717, 1.165) is 43.0 Å². The Balaban J connectivity index is 1.93. The molecule has 4 rings (SSSR count). The van der Waals surface area contributed by atoms with Crippen molar-refractivity contribution >= 4 is 17.1 Å². The van der Waals surface area contributed by atoms with E-state index in [1.165, 1.54) is 12.1 Å². The number of hydrogen-bond donors (Lipinski definition) is 0. The smallest absolute Gasteiger partial charge is 0.406 e. The van der Waals surface area contributed by atoms with E-state index in [1.54, 1.807) is 9.08 Å². The third-order valence-corrected chi connectivity index (χ3v) is 6.09. The summed E-state index contributed by atoms with van der Waals surface area (Å²) in [6.45, 7) is 6.08. The van der Waals surface area contributed by atoms with Gasteiger partial charge in [0.25, 0.3) is 5.56 Å². The molecule has 1 aliphatic rings. The molecule has 31 heavy (non-hydrogen) atoms. The Bertz CT molecular complexity index is 1190. The van der Waals surface area contributed by atoms with Crippen LogP contribution in [-0.4, -0.2) is 20.5 Å². The molecule has 5 nitrogen and oxygen atoms in total. The van der Waals surface area contributed by atoms with Gasteiger partial charge in [-0.25, -0.2) is 4.52 Å². The number of rotatable bonds is 6. The van der Waals surface area contributed by atoms with E-state index in [2.05, 4.69) is 18.6 Å². The Hall–Kier alpha value is -2.48. The molecule has 1 saturated carbocycles. The second-order valence-corrected chi connectivity index (χ2v) is 8.34. The van der Waals surface area contributed by atoms with Crippen molar-refractivity contribution in [1.82, 2.24) is 14.2 Å². The quantitative estimate of drug-likeness (QED) is 0.442. The van der Waals surface area contributed by atoms with Crippen LogP contribution in [0.4, 0.5) is 13.2 Å². The highest BCUT2D eigenvalue weighted by molar-refractivity contribution is 6.33. The number of aryl methyl sites for hydroxylation is 1. The average Bonchev–Trinajstić information content (AvgIpc) is 3.46. The topological polar surface area (TPSA) is 48.5 Å². The first-order chi connectivity index (χ1) is 14.6. The molecule has 0 radical (unpaired) electrons. The number of hydrogen-bond acceptors (Lipinski definition) is 3. The van der Waals surface area contributed by atoms with Crippen molar-refractivity contribution in [1.29, 1.82) is 0 Å². The van der Waals surface area contributed by atoms with Crippen molar-refractivity contribution in [3.8, 4) is 17.1 Å². The number of ether oxygens (including phenoxy) is 1. The molecule has 0 spiro atoms. The molecule has 1 fully saturated rings. The van der Waals surface area contributed by atoms with Crippen LogP contribution >= 0.6 is 11.6 Å². The summed E-state index contributed by atoms with van der Waals surface area (Å²) in [6, 6.07) is 5.70. The minimum absolute atomic E-state index is 0.00641. The lowest BCUT2D eigenvalue weighted by Crippen LogP contribution is -2.26. The zero-order chi connectivity index (χ0) is 22.5. The van der Waals surface area contributed by atoms with E-state index in [1.807, 2.05) is 13.0 Å². The van der Waals surface area contributed by atoms with Crippen LogP contribution in [-0.2, 0) is 0 Å². The van der Waals surface area contributed by atoms with Gasteiger partial charge in [-0.2, -0.15) is 0 Å². The van der Waals surface area contributed by atoms with Crippen LogP contribution in [0.3, 0.4) is 0 Å². The molecular formula is C22H23ClF3N3O2. The van der Waals surface area contributed by atoms with Crippen molar-refractivity contribution < 1.29 is 17.9 Å². The number of alkyl halides is 3. The van der Waals surface area contributed by atoms with Crippen molar-refractivity contribution in [3.05, 3.63) is 50.9 Å². The van der Waals surface area contributed by atoms with Crippen LogP contribution in [0.2, 0.25) is 5.02 Å². The summed E-state index contributed by atoms with van der Waals surface area (Å²) in [7, 11) is 0. The third-order valence-electron chi connectivity index (χ3n) is 5.78. The molecule has 2 heterocycles. The Kier molecular flexibility index (Phi) is 5.54. The van der Waals surface area contributed by atoms with Gasteiger partial charge in [0.15, 0.2) is 5.82 Å². The maximum Gasteiger partial charge on any atom is 0.573 e. The molecule has 0 bridgehead atoms. The van der Waals surface area contributed by atoms with Crippen LogP contribution in [0, 0.1) is 6.92 Å². The average molecular weight is 454 g/mol. The molecule has 166 valence electrons. The molecular weight excluding hydrogens is 431 g/mol. The van der Waals surface area contributed by atoms with Gasteiger partial charge in [0.1, 0.15) is 11.3 Å². The number of fused-ring (bicyclic) bond motifs is 1. The molecule has 0 saturated heterocycles. The van der Waals surface area contributed by atoms with Gasteiger partial charge < -0.3 is 4.74 Å². The first-order valence-corrected chi connectivity index (χ1v) is 10.7. The largest absolute Gasteiger partial charge is 0.573 e. The van der Waals surface area contributed by atoms with Gasteiger partial charge in [-0.1, -0.05) is 25.4 Å². The molecule has 1 aromatic carbocycles. The van der Waals surface area contributed by atoms with Gasteiger partial charge in [-0.15, -0.1) is 18.3 Å². The number of benzene rings is 1. The summed E-state index contributed by atoms with van der Waals surface area (Å²) in [5, 5.41) is 4.77. The number of nitrogens with zero attached hydrogens (tertiary/aromatic N) is 3. The zero-order valence-corrected chi connectivity index (χ0v) is 18.2. The Morgan fingerprint density at radius 3 is 2.45 bits per heavy atom. The zero-order valence-electron chi connectivity index (χ0n) is 17.5. The molecule has 0 amide bonds. The second kappa shape index (κ2) is 7.89. The van der Waals surface area contributed by atoms with E-state index in [0.29, 0.717) is 16.9 Å². The van der Waals surface area contributed by atoms with Crippen LogP contribution in [0.25, 0.3) is 16.9 Å². The lowest BCUT2D eigenvalue weighted by atomic mass is 9.95. The summed E-state index contributed by atoms with van der Waals surface area (Å²) in [4.78, 5) is 13.6. The minimum Gasteiger partial charge on any atom is -0.406 e. The molecule has 3 aromatic rings. The van der Waals surface area contributed by atoms with Crippen LogP contribution in [0.5, 0.6) is 5.75 Å². The van der Waals surface area contributed by atoms with Crippen molar-refractivity contribution in [2.45, 2.75) is 64.8 Å². The van der Waals surface area contributed by atoms with Gasteiger partial charge >= 0.3 is 6.36 Å². The Morgan fingerprint density at radius 1 is 1.23 bits per heavy atom. The first kappa shape index (κ1) is 21.7. The van der Waals surface area contributed by atoms with E-state index in [-0.39, 0.29) is 22.5 Å². The predicted octanol–water partition coefficient (Wildman–Crippen LogP) is 6.26. The molecule has 9 heteroatoms. The maximum atomic E-state index is 13.6. The van der Waals surface area contributed by atoms with Crippen LogP contribution < -0.4 is 10.3 Å². The molecule has 0 atom stereocenters. The van der Waals surface area contributed by atoms with Gasteiger partial charge in [0, 0.05) is 17.3 Å². The predicted molar refractivity (Wildman–Crippen MR) is 113 cm³/mol. The highest BCUT2D eigenvalue weighted by Gasteiger charge is 2.33. The summed E-state index contributed by atoms with van der Waals surface area (Å²) in [5.74, 6) is 0.174. The maximum absolute atomic E-state index is 13.6. The lowest BCUT2D eigenvalue weighted by Gasteiger charge is -2.16. The number of halogens is 4. The molecule has 1 aliphatic carbocycles. The lowest BCUT2D eigenvalue weighted by molar-refractivity contribution is -0.274. The van der Waals surface area contributed by atoms with Crippen molar-refractivity contribution in [3.63, 3.8) is 0 Å². The van der Waals surface area contributed by atoms with Gasteiger partial charge in [-0.05, 0) is 68.4 Å². The second-order valence-electron chi connectivity index (χ2n) is 7.93. The van der Waals surface area contributed by atoms with Crippen LogP contribution in [0.1, 0.15) is 62.7 Å². The summed E-state index contributed by atoms with van der Waals surface area (Å²) in [5.41, 5.74) is 2.62. The standard InChI is InChI=1S/C22H23ClF3N3O2/c1-4-13(5-2)17-10-12(3)29-19(17)21(30)28(14-6-7-14)20(27-29)16-9-8-15(11-18(16)23)31-22(24,25)26/h8-11,13-14H,4-7H2,1-3H3. The fourth-order valence-electron chi connectivity index (χ4n) is 4.12. The molecule has 2 aromatic heterocycles. The summed E-state index contributed by atoms with van der Waals surface area (Å²) < 4.78 is 44.9. The highest BCUT2D eigenvalue weighted by Crippen LogP contribution is 2.40. The normalized spacial score (nSPS) is 14.6. The molecule has 0 aliphatic heterocycles. The fraction of sp³-hybridized carbons (Fsp3) is 0.455. The van der Waals surface area contributed by atoms with Gasteiger partial charge in [0.2, 0.25) is 0 Å². The number of aromatic nitrogens is 3. The van der Waals surface area contributed by atoms with E-state index in [9.17, 15) is 18.0 Å². The van der Waals surface area contributed by atoms with E-state index >= 15 is 0 Å². The fourth-order valence-corrected chi connectivity index (χ4v) is 4.37. The Morgan fingerprint density at radius 2 is 1.90 bits per heavy atom. The highest BCUT2D eigenvalue weighted by atomic mass is 35.5. The van der Waals surface area contributed by atoms with Gasteiger partial charge in [0.05, 0.1) is 5.02 Å². The summed E-state index contributed by atoms with van der Waals surface area (Å²) >= 11 is 6.32. The SMILES string of the molecule is CCC(CC)c1cc(C)n2nc(-c3ccc(OC(F)(F)F)cc3Cl)n(C3CC3)c(=O)c12. The van der Waals surface area contributed by atoms with E-state index < -0.39 is 12.1 Å². The monoisotopic (exact) mass is 453 g/mol.